The average Bonchev–Trinajstić information content (AvgIpc) is 2.37. The molecule has 1 amide bonds. The van der Waals surface area contributed by atoms with Crippen LogP contribution in [0.15, 0.2) is 0 Å². The van der Waals surface area contributed by atoms with E-state index in [1.54, 1.807) is 6.92 Å². The van der Waals surface area contributed by atoms with Crippen molar-refractivity contribution in [1.82, 2.24) is 5.32 Å². The molecule has 0 saturated carbocycles. The van der Waals surface area contributed by atoms with Gasteiger partial charge in [0.05, 0.1) is 13.2 Å². The number of esters is 1. The molecule has 0 heterocycles. The van der Waals surface area contributed by atoms with Gasteiger partial charge in [0.15, 0.2) is 0 Å². The summed E-state index contributed by atoms with van der Waals surface area (Å²) >= 11 is 0. The van der Waals surface area contributed by atoms with Crippen molar-refractivity contribution in [2.24, 2.45) is 11.3 Å². The molecule has 0 aliphatic carbocycles. The summed E-state index contributed by atoms with van der Waals surface area (Å²) < 4.78 is 4.73. The van der Waals surface area contributed by atoms with Crippen LogP contribution >= 0.6 is 0 Å². The summed E-state index contributed by atoms with van der Waals surface area (Å²) in [6.07, 6.45) is -1.44. The number of aliphatic hydroxyl groups excluding tert-OH is 2. The van der Waals surface area contributed by atoms with E-state index in [4.69, 9.17) is 9.84 Å². The fourth-order valence-electron chi connectivity index (χ4n) is 1.38. The normalized spacial score (nSPS) is 14.3. The van der Waals surface area contributed by atoms with Crippen LogP contribution in [-0.2, 0) is 19.1 Å². The Labute approximate surface area is 118 Å². The first-order valence-corrected chi connectivity index (χ1v) is 6.41. The van der Waals surface area contributed by atoms with E-state index in [9.17, 15) is 19.5 Å². The quantitative estimate of drug-likeness (QED) is 0.400. The predicted octanol–water partition coefficient (Wildman–Crippen LogP) is -0.750. The van der Waals surface area contributed by atoms with E-state index in [0.29, 0.717) is 0 Å². The molecule has 2 atom stereocenters. The Kier molecular flexibility index (Phi) is 7.38. The van der Waals surface area contributed by atoms with Crippen molar-refractivity contribution in [3.63, 3.8) is 0 Å². The number of carbonyl (C=O) groups is 3. The zero-order valence-electron chi connectivity index (χ0n) is 12.3. The highest BCUT2D eigenvalue weighted by molar-refractivity contribution is 5.98. The van der Waals surface area contributed by atoms with E-state index in [2.05, 4.69) is 5.32 Å². The number of rotatable bonds is 8. The molecule has 1 unspecified atom stereocenters. The molecular weight excluding hydrogens is 266 g/mol. The van der Waals surface area contributed by atoms with E-state index in [1.165, 1.54) is 20.8 Å². The van der Waals surface area contributed by atoms with Gasteiger partial charge in [-0.15, -0.1) is 0 Å². The van der Waals surface area contributed by atoms with Crippen LogP contribution in [0.5, 0.6) is 0 Å². The van der Waals surface area contributed by atoms with Crippen LogP contribution < -0.4 is 5.32 Å². The van der Waals surface area contributed by atoms with Crippen LogP contribution in [-0.4, -0.2) is 53.7 Å². The highest BCUT2D eigenvalue weighted by atomic mass is 16.5. The summed E-state index contributed by atoms with van der Waals surface area (Å²) in [5.41, 5.74) is -1.01. The smallest absolute Gasteiger partial charge is 0.318 e. The lowest BCUT2D eigenvalue weighted by Crippen LogP contribution is -2.48. The van der Waals surface area contributed by atoms with Gasteiger partial charge >= 0.3 is 5.97 Å². The monoisotopic (exact) mass is 289 g/mol. The zero-order chi connectivity index (χ0) is 15.9. The maximum Gasteiger partial charge on any atom is 0.318 e. The van der Waals surface area contributed by atoms with Gasteiger partial charge in [-0.05, 0) is 13.8 Å². The Balaban J connectivity index is 4.61. The zero-order valence-corrected chi connectivity index (χ0v) is 12.3. The van der Waals surface area contributed by atoms with Crippen molar-refractivity contribution < 1.29 is 29.3 Å². The maximum atomic E-state index is 11.7. The van der Waals surface area contributed by atoms with Gasteiger partial charge in [-0.3, -0.25) is 14.4 Å². The van der Waals surface area contributed by atoms with E-state index in [0.717, 1.165) is 0 Å². The van der Waals surface area contributed by atoms with Crippen LogP contribution in [0.3, 0.4) is 0 Å². The molecule has 0 bridgehead atoms. The summed E-state index contributed by atoms with van der Waals surface area (Å²) in [7, 11) is 0. The van der Waals surface area contributed by atoms with Crippen molar-refractivity contribution in [2.75, 3.05) is 19.8 Å². The van der Waals surface area contributed by atoms with Crippen molar-refractivity contribution in [1.29, 1.82) is 0 Å². The van der Waals surface area contributed by atoms with Crippen LogP contribution in [0.25, 0.3) is 0 Å². The fourth-order valence-corrected chi connectivity index (χ4v) is 1.38. The fraction of sp³-hybridized carbons (Fsp3) is 0.769. The molecule has 0 rings (SSSR count). The van der Waals surface area contributed by atoms with E-state index in [1.807, 2.05) is 0 Å². The number of hydrogen-bond donors (Lipinski definition) is 3. The molecule has 3 N–H and O–H groups in total. The summed E-state index contributed by atoms with van der Waals surface area (Å²) in [5, 5.41) is 21.2. The number of nitrogens with one attached hydrogen (secondary N) is 1. The Bertz CT molecular complexity index is 366. The van der Waals surface area contributed by atoms with Gasteiger partial charge in [0.1, 0.15) is 17.8 Å². The summed E-state index contributed by atoms with van der Waals surface area (Å²) in [4.78, 5) is 34.6. The third-order valence-corrected chi connectivity index (χ3v) is 2.94. The number of amides is 1. The lowest BCUT2D eigenvalue weighted by Gasteiger charge is -2.27. The lowest BCUT2D eigenvalue weighted by molar-refractivity contribution is -0.151. The second kappa shape index (κ2) is 7.96. The molecule has 0 radical (unpaired) electrons. The van der Waals surface area contributed by atoms with Crippen molar-refractivity contribution in [2.45, 2.75) is 33.8 Å². The molecule has 0 aromatic rings. The SMILES string of the molecule is CCOC(=O)C(CNC(=O)[C@H](O)C(C)(C)CO)C(C)=O. The summed E-state index contributed by atoms with van der Waals surface area (Å²) in [5.74, 6) is -2.99. The van der Waals surface area contributed by atoms with Gasteiger partial charge in [-0.25, -0.2) is 0 Å². The molecule has 0 spiro atoms. The minimum atomic E-state index is -1.44. The predicted molar refractivity (Wildman–Crippen MR) is 70.7 cm³/mol. The number of ketones is 1. The molecule has 0 fully saturated rings. The molecule has 7 heteroatoms. The van der Waals surface area contributed by atoms with E-state index >= 15 is 0 Å². The van der Waals surface area contributed by atoms with Gasteiger partial charge in [-0.2, -0.15) is 0 Å². The number of carbonyl (C=O) groups excluding carboxylic acids is 3. The second-order valence-corrected chi connectivity index (χ2v) is 5.21. The minimum absolute atomic E-state index is 0.136. The average molecular weight is 289 g/mol. The van der Waals surface area contributed by atoms with Crippen LogP contribution in [0.2, 0.25) is 0 Å². The van der Waals surface area contributed by atoms with Crippen molar-refractivity contribution >= 4 is 17.7 Å². The first-order chi connectivity index (χ1) is 9.17. The maximum absolute atomic E-state index is 11.7. The molecule has 0 aliphatic rings. The Morgan fingerprint density at radius 2 is 1.85 bits per heavy atom. The van der Waals surface area contributed by atoms with Crippen LogP contribution in [0.1, 0.15) is 27.7 Å². The van der Waals surface area contributed by atoms with Crippen molar-refractivity contribution in [3.8, 4) is 0 Å². The Hall–Kier alpha value is -1.47. The number of Topliss-reactive ketones (excluding diaryl/α,β-unsaturated/α-hetero) is 1. The minimum Gasteiger partial charge on any atom is -0.465 e. The van der Waals surface area contributed by atoms with Crippen LogP contribution in [0.4, 0.5) is 0 Å². The number of ether oxygens (including phenoxy) is 1. The number of hydrogen-bond acceptors (Lipinski definition) is 6. The second-order valence-electron chi connectivity index (χ2n) is 5.21. The molecule has 20 heavy (non-hydrogen) atoms. The summed E-state index contributed by atoms with van der Waals surface area (Å²) in [6, 6.07) is 0. The van der Waals surface area contributed by atoms with Gasteiger partial charge < -0.3 is 20.3 Å². The van der Waals surface area contributed by atoms with Crippen LogP contribution in [0, 0.1) is 11.3 Å². The highest BCUT2D eigenvalue weighted by Gasteiger charge is 2.34. The molecule has 116 valence electrons. The third kappa shape index (κ3) is 5.26. The lowest BCUT2D eigenvalue weighted by atomic mass is 9.87. The van der Waals surface area contributed by atoms with Crippen molar-refractivity contribution in [3.05, 3.63) is 0 Å². The first kappa shape index (κ1) is 18.5. The molecule has 0 aromatic heterocycles. The van der Waals surface area contributed by atoms with Gasteiger partial charge in [0.25, 0.3) is 0 Å². The third-order valence-electron chi connectivity index (χ3n) is 2.94. The first-order valence-electron chi connectivity index (χ1n) is 6.41. The molecule has 0 aromatic carbocycles. The Morgan fingerprint density at radius 1 is 1.30 bits per heavy atom. The topological polar surface area (TPSA) is 113 Å². The van der Waals surface area contributed by atoms with Gasteiger partial charge in [0.2, 0.25) is 5.91 Å². The largest absolute Gasteiger partial charge is 0.465 e. The highest BCUT2D eigenvalue weighted by Crippen LogP contribution is 2.19. The molecule has 0 saturated heterocycles. The van der Waals surface area contributed by atoms with E-state index < -0.39 is 35.1 Å². The van der Waals surface area contributed by atoms with E-state index in [-0.39, 0.29) is 19.8 Å². The summed E-state index contributed by atoms with van der Waals surface area (Å²) in [6.45, 7) is 5.39. The van der Waals surface area contributed by atoms with Gasteiger partial charge in [0, 0.05) is 12.0 Å². The molecule has 7 nitrogen and oxygen atoms in total. The number of aliphatic hydroxyl groups is 2. The molecule has 0 aliphatic heterocycles. The molecular formula is C13H23NO6. The van der Waals surface area contributed by atoms with Gasteiger partial charge in [-0.1, -0.05) is 13.8 Å². The Morgan fingerprint density at radius 3 is 2.25 bits per heavy atom. The standard InChI is InChI=1S/C13H23NO6/c1-5-20-12(19)9(8(2)16)6-14-11(18)10(17)13(3,4)7-15/h9-10,15,17H,5-7H2,1-4H3,(H,14,18)/t9?,10-/m0/s1.